The number of para-hydroxylation sites is 1. The molecule has 0 saturated heterocycles. The van der Waals surface area contributed by atoms with Gasteiger partial charge in [0.1, 0.15) is 18.5 Å². The molecule has 0 amide bonds. The molecule has 0 aliphatic rings. The standard InChI is InChI=1S/C14H18ClN3O2/c1-18-7-6-11(17-18)8-16-9-12(19)10-20-14-5-3-2-4-13(14)15/h2-7,12,16,19H,8-10H2,1H3. The zero-order valence-electron chi connectivity index (χ0n) is 11.3. The Balaban J connectivity index is 1.68. The molecule has 2 N–H and O–H groups in total. The van der Waals surface area contributed by atoms with Crippen molar-refractivity contribution in [2.75, 3.05) is 13.2 Å². The summed E-state index contributed by atoms with van der Waals surface area (Å²) in [5.41, 5.74) is 0.937. The van der Waals surface area contributed by atoms with Gasteiger partial charge in [-0.1, -0.05) is 23.7 Å². The molecule has 0 fully saturated rings. The maximum absolute atomic E-state index is 9.83. The summed E-state index contributed by atoms with van der Waals surface area (Å²) in [5.74, 6) is 0.581. The number of aryl methyl sites for hydroxylation is 1. The van der Waals surface area contributed by atoms with E-state index in [1.807, 2.05) is 31.4 Å². The number of nitrogens with zero attached hydrogens (tertiary/aromatic N) is 2. The average molecular weight is 296 g/mol. The normalized spacial score (nSPS) is 12.3. The van der Waals surface area contributed by atoms with Crippen molar-refractivity contribution in [3.63, 3.8) is 0 Å². The van der Waals surface area contributed by atoms with Crippen LogP contribution >= 0.6 is 11.6 Å². The monoisotopic (exact) mass is 295 g/mol. The van der Waals surface area contributed by atoms with Crippen molar-refractivity contribution in [1.82, 2.24) is 15.1 Å². The Kier molecular flexibility index (Phi) is 5.40. The number of ether oxygens (including phenoxy) is 1. The van der Waals surface area contributed by atoms with Crippen LogP contribution < -0.4 is 10.1 Å². The molecule has 2 aromatic rings. The van der Waals surface area contributed by atoms with Crippen LogP contribution in [-0.4, -0.2) is 34.1 Å². The zero-order valence-corrected chi connectivity index (χ0v) is 12.0. The number of hydrogen-bond donors (Lipinski definition) is 2. The summed E-state index contributed by atoms with van der Waals surface area (Å²) >= 11 is 5.96. The molecule has 108 valence electrons. The second-order valence-corrected chi connectivity index (χ2v) is 4.91. The maximum atomic E-state index is 9.83. The molecule has 0 aliphatic heterocycles. The maximum Gasteiger partial charge on any atom is 0.138 e. The third-order valence-corrected chi connectivity index (χ3v) is 3.04. The van der Waals surface area contributed by atoms with Crippen LogP contribution in [-0.2, 0) is 13.6 Å². The summed E-state index contributed by atoms with van der Waals surface area (Å²) in [6.45, 7) is 1.24. The molecule has 0 aliphatic carbocycles. The Hall–Kier alpha value is -1.56. The first-order chi connectivity index (χ1) is 9.65. The molecule has 0 radical (unpaired) electrons. The van der Waals surface area contributed by atoms with Crippen LogP contribution in [0.25, 0.3) is 0 Å². The van der Waals surface area contributed by atoms with Gasteiger partial charge >= 0.3 is 0 Å². The lowest BCUT2D eigenvalue weighted by Gasteiger charge is -2.13. The zero-order chi connectivity index (χ0) is 14.4. The lowest BCUT2D eigenvalue weighted by atomic mass is 10.3. The SMILES string of the molecule is Cn1ccc(CNCC(O)COc2ccccc2Cl)n1. The van der Waals surface area contributed by atoms with Gasteiger partial charge < -0.3 is 15.2 Å². The highest BCUT2D eigenvalue weighted by atomic mass is 35.5. The predicted molar refractivity (Wildman–Crippen MR) is 77.9 cm³/mol. The molecular formula is C14H18ClN3O2. The van der Waals surface area contributed by atoms with Gasteiger partial charge in [0.2, 0.25) is 0 Å². The Labute approximate surface area is 123 Å². The minimum absolute atomic E-state index is 0.193. The average Bonchev–Trinajstić information content (AvgIpc) is 2.83. The lowest BCUT2D eigenvalue weighted by molar-refractivity contribution is 0.106. The van der Waals surface area contributed by atoms with Crippen LogP contribution in [0.3, 0.4) is 0 Å². The van der Waals surface area contributed by atoms with Crippen molar-refractivity contribution in [3.8, 4) is 5.75 Å². The van der Waals surface area contributed by atoms with Gasteiger partial charge in [0.15, 0.2) is 0 Å². The molecule has 20 heavy (non-hydrogen) atoms. The highest BCUT2D eigenvalue weighted by molar-refractivity contribution is 6.32. The first-order valence-electron chi connectivity index (χ1n) is 6.40. The van der Waals surface area contributed by atoms with Gasteiger partial charge in [0.25, 0.3) is 0 Å². The van der Waals surface area contributed by atoms with E-state index in [0.29, 0.717) is 23.9 Å². The predicted octanol–water partition coefficient (Wildman–Crippen LogP) is 1.60. The van der Waals surface area contributed by atoms with Crippen molar-refractivity contribution in [2.45, 2.75) is 12.6 Å². The number of hydrogen-bond acceptors (Lipinski definition) is 4. The molecule has 0 saturated carbocycles. The minimum atomic E-state index is -0.602. The van der Waals surface area contributed by atoms with Crippen molar-refractivity contribution in [3.05, 3.63) is 47.2 Å². The molecular weight excluding hydrogens is 278 g/mol. The summed E-state index contributed by atoms with van der Waals surface area (Å²) in [6, 6.07) is 9.13. The highest BCUT2D eigenvalue weighted by Crippen LogP contribution is 2.22. The summed E-state index contributed by atoms with van der Waals surface area (Å²) in [7, 11) is 1.87. The van der Waals surface area contributed by atoms with Gasteiger partial charge in [-0.15, -0.1) is 0 Å². The number of aliphatic hydroxyl groups is 1. The number of rotatable bonds is 7. The Morgan fingerprint density at radius 3 is 2.90 bits per heavy atom. The molecule has 1 heterocycles. The third kappa shape index (κ3) is 4.52. The van der Waals surface area contributed by atoms with Crippen molar-refractivity contribution < 1.29 is 9.84 Å². The fraction of sp³-hybridized carbons (Fsp3) is 0.357. The molecule has 1 atom stereocenters. The molecule has 0 spiro atoms. The first-order valence-corrected chi connectivity index (χ1v) is 6.77. The third-order valence-electron chi connectivity index (χ3n) is 2.72. The highest BCUT2D eigenvalue weighted by Gasteiger charge is 2.07. The number of halogens is 1. The van der Waals surface area contributed by atoms with Crippen molar-refractivity contribution in [1.29, 1.82) is 0 Å². The van der Waals surface area contributed by atoms with E-state index in [9.17, 15) is 5.11 Å². The molecule has 2 rings (SSSR count). The van der Waals surface area contributed by atoms with Crippen LogP contribution in [0.15, 0.2) is 36.5 Å². The van der Waals surface area contributed by atoms with E-state index in [4.69, 9.17) is 16.3 Å². The van der Waals surface area contributed by atoms with E-state index in [2.05, 4.69) is 10.4 Å². The first kappa shape index (κ1) is 14.8. The second kappa shape index (κ2) is 7.28. The smallest absolute Gasteiger partial charge is 0.138 e. The number of benzene rings is 1. The van der Waals surface area contributed by atoms with Gasteiger partial charge in [-0.2, -0.15) is 5.10 Å². The van der Waals surface area contributed by atoms with Gasteiger partial charge in [0.05, 0.1) is 10.7 Å². The van der Waals surface area contributed by atoms with Gasteiger partial charge in [-0.25, -0.2) is 0 Å². The van der Waals surface area contributed by atoms with E-state index in [-0.39, 0.29) is 6.61 Å². The fourth-order valence-corrected chi connectivity index (χ4v) is 1.92. The lowest BCUT2D eigenvalue weighted by Crippen LogP contribution is -2.31. The topological polar surface area (TPSA) is 59.3 Å². The van der Waals surface area contributed by atoms with E-state index < -0.39 is 6.10 Å². The molecule has 5 nitrogen and oxygen atoms in total. The van der Waals surface area contributed by atoms with Crippen molar-refractivity contribution in [2.24, 2.45) is 7.05 Å². The molecule has 6 heteroatoms. The summed E-state index contributed by atoms with van der Waals surface area (Å²) in [6.07, 6.45) is 1.28. The number of nitrogens with one attached hydrogen (secondary N) is 1. The van der Waals surface area contributed by atoms with Crippen LogP contribution in [0.1, 0.15) is 5.69 Å². The van der Waals surface area contributed by atoms with Crippen LogP contribution in [0.4, 0.5) is 0 Å². The summed E-state index contributed by atoms with van der Waals surface area (Å²) < 4.78 is 7.21. The van der Waals surface area contributed by atoms with Crippen LogP contribution in [0, 0.1) is 0 Å². The summed E-state index contributed by atoms with van der Waals surface area (Å²) in [4.78, 5) is 0. The Morgan fingerprint density at radius 1 is 1.40 bits per heavy atom. The molecule has 0 bridgehead atoms. The molecule has 1 aromatic carbocycles. The van der Waals surface area contributed by atoms with E-state index in [0.717, 1.165) is 5.69 Å². The largest absolute Gasteiger partial charge is 0.489 e. The minimum Gasteiger partial charge on any atom is -0.489 e. The number of aliphatic hydroxyl groups excluding tert-OH is 1. The Bertz CT molecular complexity index is 545. The van der Waals surface area contributed by atoms with Crippen molar-refractivity contribution >= 4 is 11.6 Å². The molecule has 1 unspecified atom stereocenters. The van der Waals surface area contributed by atoms with E-state index in [1.165, 1.54) is 0 Å². The Morgan fingerprint density at radius 2 is 2.20 bits per heavy atom. The van der Waals surface area contributed by atoms with Gasteiger partial charge in [-0.3, -0.25) is 4.68 Å². The quantitative estimate of drug-likeness (QED) is 0.815. The van der Waals surface area contributed by atoms with Gasteiger partial charge in [0, 0.05) is 26.3 Å². The van der Waals surface area contributed by atoms with E-state index in [1.54, 1.807) is 16.8 Å². The van der Waals surface area contributed by atoms with E-state index >= 15 is 0 Å². The van der Waals surface area contributed by atoms with Gasteiger partial charge in [-0.05, 0) is 18.2 Å². The summed E-state index contributed by atoms with van der Waals surface area (Å²) in [5, 5.41) is 17.7. The second-order valence-electron chi connectivity index (χ2n) is 4.51. The molecule has 1 aromatic heterocycles. The van der Waals surface area contributed by atoms with Crippen LogP contribution in [0.5, 0.6) is 5.75 Å². The van der Waals surface area contributed by atoms with Crippen LogP contribution in [0.2, 0.25) is 5.02 Å². The number of aromatic nitrogens is 2. The fourth-order valence-electron chi connectivity index (χ4n) is 1.73.